The molecule has 21 heavy (non-hydrogen) atoms. The van der Waals surface area contributed by atoms with Crippen LogP contribution in [0.2, 0.25) is 0 Å². The van der Waals surface area contributed by atoms with Gasteiger partial charge in [-0.1, -0.05) is 6.92 Å². The number of aromatic carboxylic acids is 1. The SMILES string of the molecule is CCN1CCc2nc3c(F)ccc(F)c3c(C(=O)O)c2C1. The van der Waals surface area contributed by atoms with Crippen molar-refractivity contribution in [2.24, 2.45) is 0 Å². The molecular weight excluding hydrogens is 278 g/mol. The number of nitrogens with zero attached hydrogens (tertiary/aromatic N) is 2. The summed E-state index contributed by atoms with van der Waals surface area (Å²) < 4.78 is 27.9. The molecule has 3 rings (SSSR count). The predicted octanol–water partition coefficient (Wildman–Crippen LogP) is 2.59. The first-order valence-corrected chi connectivity index (χ1v) is 6.78. The minimum atomic E-state index is -1.25. The molecule has 0 bridgehead atoms. The van der Waals surface area contributed by atoms with E-state index >= 15 is 0 Å². The summed E-state index contributed by atoms with van der Waals surface area (Å²) in [5, 5.41) is 9.24. The quantitative estimate of drug-likeness (QED) is 0.924. The number of carbonyl (C=O) groups is 1. The Morgan fingerprint density at radius 1 is 1.38 bits per heavy atom. The fraction of sp³-hybridized carbons (Fsp3) is 0.333. The molecule has 0 amide bonds. The number of pyridine rings is 1. The summed E-state index contributed by atoms with van der Waals surface area (Å²) in [5.74, 6) is -2.71. The standard InChI is InChI=1S/C15H14F2N2O2/c1-2-19-6-5-11-8(7-19)12(15(20)21)13-9(16)3-4-10(17)14(13)18-11/h3-4H,2,5-7H2,1H3,(H,20,21). The van der Waals surface area contributed by atoms with Gasteiger partial charge >= 0.3 is 5.97 Å². The van der Waals surface area contributed by atoms with Crippen molar-refractivity contribution < 1.29 is 18.7 Å². The van der Waals surface area contributed by atoms with Crippen molar-refractivity contribution in [1.29, 1.82) is 0 Å². The Balaban J connectivity index is 2.38. The van der Waals surface area contributed by atoms with Crippen LogP contribution in [-0.2, 0) is 13.0 Å². The van der Waals surface area contributed by atoms with E-state index in [0.29, 0.717) is 24.2 Å². The molecule has 0 atom stereocenters. The summed E-state index contributed by atoms with van der Waals surface area (Å²) >= 11 is 0. The highest BCUT2D eigenvalue weighted by atomic mass is 19.1. The van der Waals surface area contributed by atoms with Gasteiger partial charge in [-0.25, -0.2) is 18.6 Å². The molecule has 1 N–H and O–H groups in total. The highest BCUT2D eigenvalue weighted by Gasteiger charge is 2.27. The van der Waals surface area contributed by atoms with Crippen molar-refractivity contribution in [2.45, 2.75) is 19.9 Å². The molecule has 0 aliphatic carbocycles. The summed E-state index contributed by atoms with van der Waals surface area (Å²) in [6.45, 7) is 3.87. The highest BCUT2D eigenvalue weighted by molar-refractivity contribution is 6.04. The summed E-state index contributed by atoms with van der Waals surface area (Å²) in [5.41, 5.74) is 0.683. The van der Waals surface area contributed by atoms with Crippen molar-refractivity contribution >= 4 is 16.9 Å². The van der Waals surface area contributed by atoms with Crippen molar-refractivity contribution in [3.63, 3.8) is 0 Å². The summed E-state index contributed by atoms with van der Waals surface area (Å²) in [6.07, 6.45) is 0.537. The van der Waals surface area contributed by atoms with E-state index in [1.54, 1.807) is 0 Å². The van der Waals surface area contributed by atoms with Crippen LogP contribution in [0.15, 0.2) is 12.1 Å². The van der Waals surface area contributed by atoms with E-state index < -0.39 is 17.6 Å². The van der Waals surface area contributed by atoms with Crippen LogP contribution < -0.4 is 0 Å². The van der Waals surface area contributed by atoms with Crippen LogP contribution in [0.1, 0.15) is 28.5 Å². The molecule has 1 aliphatic rings. The minimum absolute atomic E-state index is 0.162. The molecule has 4 nitrogen and oxygen atoms in total. The molecule has 1 aliphatic heterocycles. The Bertz CT molecular complexity index is 746. The third kappa shape index (κ3) is 2.15. The topological polar surface area (TPSA) is 53.4 Å². The van der Waals surface area contributed by atoms with Crippen LogP contribution in [0.25, 0.3) is 10.9 Å². The molecule has 2 heterocycles. The van der Waals surface area contributed by atoms with Crippen LogP contribution in [-0.4, -0.2) is 34.0 Å². The number of hydrogen-bond donors (Lipinski definition) is 1. The van der Waals surface area contributed by atoms with E-state index in [2.05, 4.69) is 9.88 Å². The molecular formula is C15H14F2N2O2. The van der Waals surface area contributed by atoms with Gasteiger partial charge in [0.05, 0.1) is 10.9 Å². The van der Waals surface area contributed by atoms with Crippen LogP contribution in [0.5, 0.6) is 0 Å². The van der Waals surface area contributed by atoms with E-state index in [0.717, 1.165) is 25.2 Å². The lowest BCUT2D eigenvalue weighted by Crippen LogP contribution is -2.32. The molecule has 0 saturated heterocycles. The summed E-state index contributed by atoms with van der Waals surface area (Å²) in [6, 6.07) is 1.92. The van der Waals surface area contributed by atoms with Gasteiger partial charge < -0.3 is 5.11 Å². The number of aromatic nitrogens is 1. The fourth-order valence-corrected chi connectivity index (χ4v) is 2.84. The van der Waals surface area contributed by atoms with E-state index in [-0.39, 0.29) is 16.5 Å². The largest absolute Gasteiger partial charge is 0.478 e. The Kier molecular flexibility index (Phi) is 3.33. The maximum absolute atomic E-state index is 14.1. The third-order valence-corrected chi connectivity index (χ3v) is 3.93. The average Bonchev–Trinajstić information content (AvgIpc) is 2.48. The number of carboxylic acid groups (broad SMARTS) is 1. The first-order chi connectivity index (χ1) is 10.0. The number of likely N-dealkylation sites (N-methyl/N-ethyl adjacent to an activating group) is 1. The number of hydrogen-bond acceptors (Lipinski definition) is 3. The second-order valence-electron chi connectivity index (χ2n) is 5.09. The lowest BCUT2D eigenvalue weighted by Gasteiger charge is -2.28. The zero-order valence-corrected chi connectivity index (χ0v) is 11.5. The lowest BCUT2D eigenvalue weighted by molar-refractivity contribution is 0.0695. The van der Waals surface area contributed by atoms with Gasteiger partial charge in [0, 0.05) is 30.8 Å². The summed E-state index contributed by atoms with van der Waals surface area (Å²) in [7, 11) is 0. The van der Waals surface area contributed by atoms with Crippen molar-refractivity contribution in [3.05, 3.63) is 40.6 Å². The van der Waals surface area contributed by atoms with Gasteiger partial charge in [-0.2, -0.15) is 0 Å². The van der Waals surface area contributed by atoms with E-state index in [4.69, 9.17) is 0 Å². The average molecular weight is 292 g/mol. The van der Waals surface area contributed by atoms with Gasteiger partial charge in [0.15, 0.2) is 0 Å². The molecule has 110 valence electrons. The number of carboxylic acids is 1. The van der Waals surface area contributed by atoms with Gasteiger partial charge in [0.2, 0.25) is 0 Å². The Morgan fingerprint density at radius 3 is 2.76 bits per heavy atom. The Labute approximate surface area is 120 Å². The molecule has 0 radical (unpaired) electrons. The third-order valence-electron chi connectivity index (χ3n) is 3.93. The highest BCUT2D eigenvalue weighted by Crippen LogP contribution is 2.31. The molecule has 2 aromatic rings. The molecule has 0 unspecified atom stereocenters. The molecule has 0 fully saturated rings. The van der Waals surface area contributed by atoms with Crippen molar-refractivity contribution in [3.8, 4) is 0 Å². The molecule has 0 spiro atoms. The maximum Gasteiger partial charge on any atom is 0.336 e. The number of rotatable bonds is 2. The Morgan fingerprint density at radius 2 is 2.10 bits per heavy atom. The second kappa shape index (κ2) is 5.04. The molecule has 1 aromatic heterocycles. The molecule has 0 saturated carbocycles. The zero-order valence-electron chi connectivity index (χ0n) is 11.5. The normalized spacial score (nSPS) is 15.2. The zero-order chi connectivity index (χ0) is 15.1. The Hall–Kier alpha value is -2.08. The maximum atomic E-state index is 14.1. The molecule has 6 heteroatoms. The first-order valence-electron chi connectivity index (χ1n) is 6.78. The predicted molar refractivity (Wildman–Crippen MR) is 73.3 cm³/mol. The lowest BCUT2D eigenvalue weighted by atomic mass is 9.95. The molecule has 1 aromatic carbocycles. The van der Waals surface area contributed by atoms with Gasteiger partial charge in [0.1, 0.15) is 17.2 Å². The van der Waals surface area contributed by atoms with E-state index in [1.807, 2.05) is 6.92 Å². The van der Waals surface area contributed by atoms with Gasteiger partial charge in [0.25, 0.3) is 0 Å². The van der Waals surface area contributed by atoms with Crippen LogP contribution in [0.4, 0.5) is 8.78 Å². The van der Waals surface area contributed by atoms with Crippen LogP contribution >= 0.6 is 0 Å². The smallest absolute Gasteiger partial charge is 0.336 e. The van der Waals surface area contributed by atoms with Crippen molar-refractivity contribution in [2.75, 3.05) is 13.1 Å². The van der Waals surface area contributed by atoms with Gasteiger partial charge in [-0.15, -0.1) is 0 Å². The monoisotopic (exact) mass is 292 g/mol. The second-order valence-corrected chi connectivity index (χ2v) is 5.09. The first kappa shape index (κ1) is 13.9. The number of benzene rings is 1. The minimum Gasteiger partial charge on any atom is -0.478 e. The van der Waals surface area contributed by atoms with Gasteiger partial charge in [-0.3, -0.25) is 4.90 Å². The van der Waals surface area contributed by atoms with E-state index in [1.165, 1.54) is 0 Å². The fourth-order valence-electron chi connectivity index (χ4n) is 2.84. The van der Waals surface area contributed by atoms with Crippen molar-refractivity contribution in [1.82, 2.24) is 9.88 Å². The van der Waals surface area contributed by atoms with Crippen LogP contribution in [0.3, 0.4) is 0 Å². The van der Waals surface area contributed by atoms with Gasteiger partial charge in [-0.05, 0) is 18.7 Å². The van der Waals surface area contributed by atoms with E-state index in [9.17, 15) is 18.7 Å². The summed E-state index contributed by atoms with van der Waals surface area (Å²) in [4.78, 5) is 17.8. The van der Waals surface area contributed by atoms with Crippen LogP contribution in [0, 0.1) is 11.6 Å². The number of halogens is 2. The number of fused-ring (bicyclic) bond motifs is 2.